The number of nitrogens with two attached hydrogens (primary N) is 1. The maximum absolute atomic E-state index is 13.1. The van der Waals surface area contributed by atoms with Crippen molar-refractivity contribution in [2.75, 3.05) is 13.7 Å². The number of carbonyl (C=O) groups excluding carboxylic acids is 2. The molecule has 1 aliphatic rings. The smallest absolute Gasteiger partial charge is 0.338 e. The molecule has 0 bridgehead atoms. The van der Waals surface area contributed by atoms with Gasteiger partial charge >= 0.3 is 11.9 Å². The third-order valence-corrected chi connectivity index (χ3v) is 5.44. The Bertz CT molecular complexity index is 1380. The van der Waals surface area contributed by atoms with Crippen LogP contribution in [0.2, 0.25) is 0 Å². The monoisotopic (exact) mass is 434 g/mol. The molecule has 1 atom stereocenters. The predicted octanol–water partition coefficient (Wildman–Crippen LogP) is 2.81. The van der Waals surface area contributed by atoms with Crippen LogP contribution in [0.15, 0.2) is 74.3 Å². The molecule has 0 fully saturated rings. The summed E-state index contributed by atoms with van der Waals surface area (Å²) in [6.07, 6.45) is 0. The lowest BCUT2D eigenvalue weighted by Gasteiger charge is -2.30. The molecule has 0 amide bonds. The number of hydrogen-bond donors (Lipinski definition) is 2. The molecule has 0 saturated heterocycles. The zero-order valence-electron chi connectivity index (χ0n) is 17.9. The number of esters is 2. The molecule has 0 spiro atoms. The number of allylic oxidation sites excluding steroid dienone is 1. The number of nitrogens with one attached hydrogen (secondary N) is 1. The van der Waals surface area contributed by atoms with E-state index < -0.39 is 17.9 Å². The van der Waals surface area contributed by atoms with Gasteiger partial charge in [-0.15, -0.1) is 0 Å². The Morgan fingerprint density at radius 3 is 2.50 bits per heavy atom. The molecule has 0 radical (unpaired) electrons. The van der Waals surface area contributed by atoms with Crippen LogP contribution in [-0.4, -0.2) is 25.7 Å². The zero-order chi connectivity index (χ0) is 23.0. The fourth-order valence-electron chi connectivity index (χ4n) is 4.05. The summed E-state index contributed by atoms with van der Waals surface area (Å²) in [6.45, 7) is 3.49. The number of para-hydroxylation sites is 2. The quantitative estimate of drug-likeness (QED) is 0.475. The number of rotatable bonds is 4. The minimum atomic E-state index is -0.962. The van der Waals surface area contributed by atoms with Crippen LogP contribution in [0.25, 0.3) is 21.9 Å². The van der Waals surface area contributed by atoms with Gasteiger partial charge in [-0.25, -0.2) is 9.59 Å². The summed E-state index contributed by atoms with van der Waals surface area (Å²) in [7, 11) is 1.23. The van der Waals surface area contributed by atoms with E-state index in [1.54, 1.807) is 56.3 Å². The maximum Gasteiger partial charge on any atom is 0.338 e. The summed E-state index contributed by atoms with van der Waals surface area (Å²) >= 11 is 0. The van der Waals surface area contributed by atoms with Gasteiger partial charge in [-0.05, 0) is 32.0 Å². The molecule has 1 unspecified atom stereocenters. The van der Waals surface area contributed by atoms with Crippen LogP contribution in [0.5, 0.6) is 0 Å². The van der Waals surface area contributed by atoms with Crippen LogP contribution < -0.4 is 16.5 Å². The van der Waals surface area contributed by atoms with E-state index in [4.69, 9.17) is 19.6 Å². The number of ether oxygens (including phenoxy) is 2. The number of methoxy groups -OCH3 is 1. The summed E-state index contributed by atoms with van der Waals surface area (Å²) in [5, 5.41) is 3.62. The van der Waals surface area contributed by atoms with Gasteiger partial charge in [-0.3, -0.25) is 4.79 Å². The van der Waals surface area contributed by atoms with Gasteiger partial charge in [0, 0.05) is 11.3 Å². The zero-order valence-corrected chi connectivity index (χ0v) is 17.9. The fourth-order valence-corrected chi connectivity index (χ4v) is 4.05. The highest BCUT2D eigenvalue weighted by Crippen LogP contribution is 2.41. The molecule has 1 aromatic heterocycles. The van der Waals surface area contributed by atoms with Gasteiger partial charge in [0.05, 0.1) is 41.6 Å². The van der Waals surface area contributed by atoms with Gasteiger partial charge in [0.1, 0.15) is 17.0 Å². The van der Waals surface area contributed by atoms with E-state index >= 15 is 0 Å². The number of carbonyl (C=O) groups is 2. The van der Waals surface area contributed by atoms with Crippen molar-refractivity contribution in [1.29, 1.82) is 0 Å². The number of fused-ring (bicyclic) bond motifs is 2. The average molecular weight is 434 g/mol. The van der Waals surface area contributed by atoms with E-state index in [1.165, 1.54) is 7.11 Å². The standard InChI is InChI=1S/C24H22N2O6/c1-4-31-24(29)17-12(2)26-22(25)19(23(28)30-3)18(17)14-9-7-10-15-20(27)13-8-5-6-11-16(13)32-21(14)15/h5-11,18,26H,4,25H2,1-3H3. The van der Waals surface area contributed by atoms with Crippen molar-refractivity contribution < 1.29 is 23.5 Å². The third kappa shape index (κ3) is 3.30. The molecular formula is C24H22N2O6. The van der Waals surface area contributed by atoms with Crippen molar-refractivity contribution in [1.82, 2.24) is 5.32 Å². The van der Waals surface area contributed by atoms with E-state index in [-0.39, 0.29) is 34.6 Å². The highest BCUT2D eigenvalue weighted by molar-refractivity contribution is 6.02. The lowest BCUT2D eigenvalue weighted by Crippen LogP contribution is -2.36. The first-order chi connectivity index (χ1) is 15.4. The van der Waals surface area contributed by atoms with Crippen LogP contribution in [-0.2, 0) is 19.1 Å². The Hall–Kier alpha value is -4.07. The van der Waals surface area contributed by atoms with E-state index in [2.05, 4.69) is 5.32 Å². The molecule has 2 aromatic carbocycles. The topological polar surface area (TPSA) is 121 Å². The molecule has 1 aliphatic heterocycles. The molecule has 0 aliphatic carbocycles. The minimum absolute atomic E-state index is 0.0319. The van der Waals surface area contributed by atoms with Crippen molar-refractivity contribution in [2.24, 2.45) is 5.73 Å². The first-order valence-electron chi connectivity index (χ1n) is 10.1. The Balaban J connectivity index is 2.08. The normalized spacial score (nSPS) is 16.3. The molecule has 3 N–H and O–H groups in total. The molecule has 8 heteroatoms. The second-order valence-corrected chi connectivity index (χ2v) is 7.29. The first kappa shape index (κ1) is 21.2. The predicted molar refractivity (Wildman–Crippen MR) is 118 cm³/mol. The number of dihydropyridines is 1. The SMILES string of the molecule is CCOC(=O)C1=C(C)NC(N)=C(C(=O)OC)C1c1cccc2c(=O)c3ccccc3oc12. The summed E-state index contributed by atoms with van der Waals surface area (Å²) in [5.41, 5.74) is 7.67. The lowest BCUT2D eigenvalue weighted by molar-refractivity contribution is -0.139. The maximum atomic E-state index is 13.1. The van der Waals surface area contributed by atoms with E-state index in [1.807, 2.05) is 0 Å². The third-order valence-electron chi connectivity index (χ3n) is 5.44. The summed E-state index contributed by atoms with van der Waals surface area (Å²) in [6, 6.07) is 11.9. The minimum Gasteiger partial charge on any atom is -0.466 e. The Labute approximate surface area is 183 Å². The largest absolute Gasteiger partial charge is 0.466 e. The molecule has 4 rings (SSSR count). The van der Waals surface area contributed by atoms with Crippen molar-refractivity contribution in [3.05, 3.63) is 80.9 Å². The average Bonchev–Trinajstić information content (AvgIpc) is 2.78. The van der Waals surface area contributed by atoms with E-state index in [9.17, 15) is 14.4 Å². The second kappa shape index (κ2) is 8.22. The summed E-state index contributed by atoms with van der Waals surface area (Å²) in [5.74, 6) is -2.24. The van der Waals surface area contributed by atoms with Gasteiger partial charge in [0.2, 0.25) is 5.43 Å². The summed E-state index contributed by atoms with van der Waals surface area (Å²) < 4.78 is 16.3. The number of hydrogen-bond acceptors (Lipinski definition) is 8. The van der Waals surface area contributed by atoms with Crippen LogP contribution in [0.3, 0.4) is 0 Å². The highest BCUT2D eigenvalue weighted by Gasteiger charge is 2.39. The molecule has 8 nitrogen and oxygen atoms in total. The van der Waals surface area contributed by atoms with Crippen molar-refractivity contribution in [3.8, 4) is 0 Å². The van der Waals surface area contributed by atoms with Gasteiger partial charge in [0.25, 0.3) is 0 Å². The van der Waals surface area contributed by atoms with Gasteiger partial charge in [-0.1, -0.05) is 24.3 Å². The molecule has 164 valence electrons. The highest BCUT2D eigenvalue weighted by atomic mass is 16.5. The van der Waals surface area contributed by atoms with Crippen molar-refractivity contribution in [3.63, 3.8) is 0 Å². The Morgan fingerprint density at radius 1 is 1.06 bits per heavy atom. The van der Waals surface area contributed by atoms with E-state index in [0.717, 1.165) is 0 Å². The van der Waals surface area contributed by atoms with E-state index in [0.29, 0.717) is 27.6 Å². The van der Waals surface area contributed by atoms with Gasteiger partial charge < -0.3 is 24.9 Å². The lowest BCUT2D eigenvalue weighted by atomic mass is 9.80. The van der Waals surface area contributed by atoms with Crippen LogP contribution >= 0.6 is 0 Å². The fraction of sp³-hybridized carbons (Fsp3) is 0.208. The van der Waals surface area contributed by atoms with Gasteiger partial charge in [-0.2, -0.15) is 0 Å². The molecule has 32 heavy (non-hydrogen) atoms. The Kier molecular flexibility index (Phi) is 5.44. The van der Waals surface area contributed by atoms with Crippen LogP contribution in [0.1, 0.15) is 25.3 Å². The van der Waals surface area contributed by atoms with Crippen LogP contribution in [0, 0.1) is 0 Å². The van der Waals surface area contributed by atoms with Crippen molar-refractivity contribution >= 4 is 33.9 Å². The molecule has 2 heterocycles. The first-order valence-corrected chi connectivity index (χ1v) is 10.1. The van der Waals surface area contributed by atoms with Gasteiger partial charge in [0.15, 0.2) is 0 Å². The molecule has 3 aromatic rings. The number of benzene rings is 2. The summed E-state index contributed by atoms with van der Waals surface area (Å²) in [4.78, 5) is 38.8. The molecular weight excluding hydrogens is 412 g/mol. The Morgan fingerprint density at radius 2 is 1.78 bits per heavy atom. The second-order valence-electron chi connectivity index (χ2n) is 7.29. The molecule has 0 saturated carbocycles. The van der Waals surface area contributed by atoms with Crippen LogP contribution in [0.4, 0.5) is 0 Å². The van der Waals surface area contributed by atoms with Crippen molar-refractivity contribution in [2.45, 2.75) is 19.8 Å².